The van der Waals surface area contributed by atoms with Crippen LogP contribution >= 0.6 is 0 Å². The van der Waals surface area contributed by atoms with E-state index in [-0.39, 0.29) is 0 Å². The monoisotopic (exact) mass is 210 g/mol. The quantitative estimate of drug-likeness (QED) is 0.573. The van der Waals surface area contributed by atoms with Crippen LogP contribution in [0.2, 0.25) is 0 Å². The van der Waals surface area contributed by atoms with E-state index >= 15 is 0 Å². The predicted octanol–water partition coefficient (Wildman–Crippen LogP) is 3.66. The molecule has 0 N–H and O–H groups in total. The Morgan fingerprint density at radius 1 is 0.562 bits per heavy atom. The maximum absolute atomic E-state index is 3.20. The molecular formula is C16H18. The van der Waals surface area contributed by atoms with Gasteiger partial charge in [-0.1, -0.05) is 11.8 Å². The fourth-order valence-corrected chi connectivity index (χ4v) is 1.94. The van der Waals surface area contributed by atoms with Gasteiger partial charge in [-0.3, -0.25) is 0 Å². The van der Waals surface area contributed by atoms with Gasteiger partial charge in [0, 0.05) is 11.1 Å². The van der Waals surface area contributed by atoms with E-state index in [1.807, 2.05) is 13.8 Å². The Labute approximate surface area is 99.1 Å². The number of hydrogen-bond acceptors (Lipinski definition) is 0. The van der Waals surface area contributed by atoms with E-state index in [1.54, 1.807) is 0 Å². The van der Waals surface area contributed by atoms with E-state index in [0.29, 0.717) is 0 Å². The van der Waals surface area contributed by atoms with E-state index in [9.17, 15) is 0 Å². The van der Waals surface area contributed by atoms with Crippen molar-refractivity contribution in [2.24, 2.45) is 0 Å². The molecule has 0 aliphatic carbocycles. The van der Waals surface area contributed by atoms with Crippen LogP contribution in [0, 0.1) is 51.4 Å². The Morgan fingerprint density at radius 3 is 1.00 bits per heavy atom. The summed E-state index contributed by atoms with van der Waals surface area (Å²) in [4.78, 5) is 0. The maximum atomic E-state index is 3.20. The molecule has 0 amide bonds. The molecule has 16 heavy (non-hydrogen) atoms. The minimum absolute atomic E-state index is 1.17. The summed E-state index contributed by atoms with van der Waals surface area (Å²) in [5.41, 5.74) is 7.37. The maximum Gasteiger partial charge on any atom is 0.0309 e. The molecule has 82 valence electrons. The lowest BCUT2D eigenvalue weighted by Crippen LogP contribution is -2.00. The van der Waals surface area contributed by atoms with Crippen molar-refractivity contribution in [1.29, 1.82) is 0 Å². The SMILES string of the molecule is CC#Cc1c(C)c(C)c(C#CC)c(C)c1C. The van der Waals surface area contributed by atoms with E-state index in [4.69, 9.17) is 0 Å². The summed E-state index contributed by atoms with van der Waals surface area (Å²) >= 11 is 0. The fraction of sp³-hybridized carbons (Fsp3) is 0.375. The second-order valence-corrected chi connectivity index (χ2v) is 4.00. The highest BCUT2D eigenvalue weighted by atomic mass is 14.1. The van der Waals surface area contributed by atoms with E-state index < -0.39 is 0 Å². The van der Waals surface area contributed by atoms with Crippen LogP contribution in [0.15, 0.2) is 0 Å². The topological polar surface area (TPSA) is 0 Å². The molecule has 0 aromatic heterocycles. The van der Waals surface area contributed by atoms with Crippen molar-refractivity contribution in [2.75, 3.05) is 0 Å². The first-order valence-corrected chi connectivity index (χ1v) is 5.50. The first kappa shape index (κ1) is 12.4. The second kappa shape index (κ2) is 4.91. The van der Waals surface area contributed by atoms with Crippen LogP contribution in [0.5, 0.6) is 0 Å². The predicted molar refractivity (Wildman–Crippen MR) is 70.5 cm³/mol. The zero-order valence-electron chi connectivity index (χ0n) is 11.0. The summed E-state index contributed by atoms with van der Waals surface area (Å²) in [7, 11) is 0. The summed E-state index contributed by atoms with van der Waals surface area (Å²) in [6.45, 7) is 12.3. The van der Waals surface area contributed by atoms with E-state index in [1.165, 1.54) is 33.4 Å². The van der Waals surface area contributed by atoms with Crippen molar-refractivity contribution in [3.63, 3.8) is 0 Å². The largest absolute Gasteiger partial charge is 0.101 e. The summed E-state index contributed by atoms with van der Waals surface area (Å²) in [6.07, 6.45) is 0. The lowest BCUT2D eigenvalue weighted by Gasteiger charge is -2.14. The molecule has 0 unspecified atom stereocenters. The Balaban J connectivity index is 3.71. The van der Waals surface area contributed by atoms with Gasteiger partial charge in [0.25, 0.3) is 0 Å². The van der Waals surface area contributed by atoms with Gasteiger partial charge in [-0.05, 0) is 63.8 Å². The summed E-state index contributed by atoms with van der Waals surface area (Å²) < 4.78 is 0. The molecule has 0 heterocycles. The first-order valence-electron chi connectivity index (χ1n) is 5.50. The van der Waals surface area contributed by atoms with Crippen molar-refractivity contribution in [3.05, 3.63) is 33.4 Å². The van der Waals surface area contributed by atoms with E-state index in [0.717, 1.165) is 0 Å². The summed E-state index contributed by atoms with van der Waals surface area (Å²) in [5, 5.41) is 0. The first-order chi connectivity index (χ1) is 7.54. The molecule has 0 heteroatoms. The average Bonchev–Trinajstić information content (AvgIpc) is 2.28. The van der Waals surface area contributed by atoms with Crippen molar-refractivity contribution >= 4 is 0 Å². The zero-order valence-corrected chi connectivity index (χ0v) is 11.0. The molecule has 1 aromatic rings. The summed E-state index contributed by atoms with van der Waals surface area (Å²) in [6, 6.07) is 0. The van der Waals surface area contributed by atoms with Gasteiger partial charge in [-0.25, -0.2) is 0 Å². The normalized spacial score (nSPS) is 8.88. The average molecular weight is 210 g/mol. The van der Waals surface area contributed by atoms with Crippen LogP contribution in [0.1, 0.15) is 47.2 Å². The highest BCUT2D eigenvalue weighted by Gasteiger charge is 2.11. The van der Waals surface area contributed by atoms with Crippen molar-refractivity contribution in [1.82, 2.24) is 0 Å². The van der Waals surface area contributed by atoms with Gasteiger partial charge in [0.1, 0.15) is 0 Å². The highest BCUT2D eigenvalue weighted by Crippen LogP contribution is 2.25. The minimum atomic E-state index is 1.17. The molecule has 0 fully saturated rings. The third-order valence-corrected chi connectivity index (χ3v) is 3.12. The Bertz CT molecular complexity index is 457. The number of rotatable bonds is 0. The van der Waals surface area contributed by atoms with Crippen LogP contribution in [-0.2, 0) is 0 Å². The third kappa shape index (κ3) is 1.98. The van der Waals surface area contributed by atoms with Crippen LogP contribution in [0.4, 0.5) is 0 Å². The van der Waals surface area contributed by atoms with Gasteiger partial charge in [0.15, 0.2) is 0 Å². The molecule has 1 rings (SSSR count). The van der Waals surface area contributed by atoms with Crippen molar-refractivity contribution < 1.29 is 0 Å². The summed E-state index contributed by atoms with van der Waals surface area (Å²) in [5.74, 6) is 12.4. The molecule has 0 radical (unpaired) electrons. The number of benzene rings is 1. The molecule has 0 aliphatic rings. The zero-order chi connectivity index (χ0) is 12.3. The van der Waals surface area contributed by atoms with Gasteiger partial charge in [0.2, 0.25) is 0 Å². The van der Waals surface area contributed by atoms with Gasteiger partial charge in [-0.15, -0.1) is 11.8 Å². The lowest BCUT2D eigenvalue weighted by atomic mass is 9.89. The van der Waals surface area contributed by atoms with Crippen LogP contribution < -0.4 is 0 Å². The molecule has 0 bridgehead atoms. The van der Waals surface area contributed by atoms with Crippen molar-refractivity contribution in [3.8, 4) is 23.7 Å². The van der Waals surface area contributed by atoms with Gasteiger partial charge < -0.3 is 0 Å². The van der Waals surface area contributed by atoms with Gasteiger partial charge >= 0.3 is 0 Å². The lowest BCUT2D eigenvalue weighted by molar-refractivity contribution is 1.20. The third-order valence-electron chi connectivity index (χ3n) is 3.12. The minimum Gasteiger partial charge on any atom is -0.101 e. The molecular weight excluding hydrogens is 192 g/mol. The van der Waals surface area contributed by atoms with Gasteiger partial charge in [0.05, 0.1) is 0 Å². The fourth-order valence-electron chi connectivity index (χ4n) is 1.94. The molecule has 0 nitrogen and oxygen atoms in total. The molecule has 0 saturated carbocycles. The van der Waals surface area contributed by atoms with Crippen LogP contribution in [0.25, 0.3) is 0 Å². The van der Waals surface area contributed by atoms with E-state index in [2.05, 4.69) is 51.4 Å². The molecule has 1 aromatic carbocycles. The second-order valence-electron chi connectivity index (χ2n) is 4.00. The molecule has 0 saturated heterocycles. The standard InChI is InChI=1S/C16H18/c1-7-9-15-11(3)13(5)16(10-8-2)14(6)12(15)4/h1-6H3. The highest BCUT2D eigenvalue weighted by molar-refractivity contribution is 5.60. The molecule has 0 aliphatic heterocycles. The van der Waals surface area contributed by atoms with Crippen LogP contribution in [-0.4, -0.2) is 0 Å². The van der Waals surface area contributed by atoms with Gasteiger partial charge in [-0.2, -0.15) is 0 Å². The Morgan fingerprint density at radius 2 is 0.812 bits per heavy atom. The number of hydrogen-bond donors (Lipinski definition) is 0. The van der Waals surface area contributed by atoms with Crippen LogP contribution in [0.3, 0.4) is 0 Å². The Hall–Kier alpha value is -1.66. The molecule has 0 atom stereocenters. The molecule has 0 spiro atoms. The smallest absolute Gasteiger partial charge is 0.0309 e. The Kier molecular flexibility index (Phi) is 3.81. The van der Waals surface area contributed by atoms with Crippen molar-refractivity contribution in [2.45, 2.75) is 41.5 Å².